The maximum absolute atomic E-state index is 12.4. The largest absolute Gasteiger partial charge is 0.465 e. The Morgan fingerprint density at radius 3 is 2.54 bits per heavy atom. The standard InChI is InChI=1S/C21H20N4O3/c1-14-4-3-5-15(10-14)12-22-19-11-18(23-13-24-19)20(26)25-17-8-6-16(7-9-17)21(27)28-2/h3-11,13H,12H2,1-2H3,(H,25,26)(H,22,23,24). The molecule has 3 rings (SSSR count). The second kappa shape index (κ2) is 8.77. The van der Waals surface area contributed by atoms with Crippen molar-refractivity contribution in [2.45, 2.75) is 13.5 Å². The van der Waals surface area contributed by atoms with E-state index < -0.39 is 5.97 Å². The highest BCUT2D eigenvalue weighted by Gasteiger charge is 2.10. The smallest absolute Gasteiger partial charge is 0.337 e. The SMILES string of the molecule is COC(=O)c1ccc(NC(=O)c2cc(NCc3cccc(C)c3)ncn2)cc1. The third kappa shape index (κ3) is 4.91. The number of esters is 1. The van der Waals surface area contributed by atoms with E-state index in [1.165, 1.54) is 19.0 Å². The van der Waals surface area contributed by atoms with Crippen molar-refractivity contribution in [3.05, 3.63) is 83.3 Å². The van der Waals surface area contributed by atoms with Gasteiger partial charge in [0.2, 0.25) is 0 Å². The lowest BCUT2D eigenvalue weighted by Crippen LogP contribution is -2.15. The molecule has 7 heteroatoms. The highest BCUT2D eigenvalue weighted by molar-refractivity contribution is 6.03. The number of hydrogen-bond donors (Lipinski definition) is 2. The third-order valence-corrected chi connectivity index (χ3v) is 4.02. The molecular weight excluding hydrogens is 356 g/mol. The average molecular weight is 376 g/mol. The molecule has 2 N–H and O–H groups in total. The van der Waals surface area contributed by atoms with E-state index in [1.807, 2.05) is 25.1 Å². The number of aryl methyl sites for hydroxylation is 1. The van der Waals surface area contributed by atoms with E-state index in [2.05, 4.69) is 31.4 Å². The van der Waals surface area contributed by atoms with E-state index >= 15 is 0 Å². The van der Waals surface area contributed by atoms with Crippen LogP contribution < -0.4 is 10.6 Å². The summed E-state index contributed by atoms with van der Waals surface area (Å²) in [4.78, 5) is 32.1. The van der Waals surface area contributed by atoms with Crippen LogP contribution in [0.1, 0.15) is 32.0 Å². The Labute approximate surface area is 162 Å². The van der Waals surface area contributed by atoms with Crippen LogP contribution >= 0.6 is 0 Å². The highest BCUT2D eigenvalue weighted by Crippen LogP contribution is 2.13. The molecular formula is C21H20N4O3. The Morgan fingerprint density at radius 2 is 1.82 bits per heavy atom. The molecule has 1 amide bonds. The summed E-state index contributed by atoms with van der Waals surface area (Å²) in [7, 11) is 1.32. The van der Waals surface area contributed by atoms with Crippen LogP contribution in [0.3, 0.4) is 0 Å². The van der Waals surface area contributed by atoms with E-state index in [-0.39, 0.29) is 11.6 Å². The second-order valence-corrected chi connectivity index (χ2v) is 6.15. The zero-order valence-corrected chi connectivity index (χ0v) is 15.6. The summed E-state index contributed by atoms with van der Waals surface area (Å²) >= 11 is 0. The van der Waals surface area contributed by atoms with Crippen molar-refractivity contribution < 1.29 is 14.3 Å². The van der Waals surface area contributed by atoms with Crippen molar-refractivity contribution in [2.24, 2.45) is 0 Å². The molecule has 3 aromatic rings. The first-order valence-corrected chi connectivity index (χ1v) is 8.66. The second-order valence-electron chi connectivity index (χ2n) is 6.15. The van der Waals surface area contributed by atoms with Crippen LogP contribution in [0, 0.1) is 6.92 Å². The quantitative estimate of drug-likeness (QED) is 0.640. The molecule has 0 aliphatic rings. The Balaban J connectivity index is 1.64. The van der Waals surface area contributed by atoms with Crippen molar-refractivity contribution in [2.75, 3.05) is 17.7 Å². The van der Waals surface area contributed by atoms with Crippen LogP contribution in [0.5, 0.6) is 0 Å². The van der Waals surface area contributed by atoms with Crippen LogP contribution in [0.25, 0.3) is 0 Å². The number of benzene rings is 2. The fourth-order valence-electron chi connectivity index (χ4n) is 2.60. The van der Waals surface area contributed by atoms with E-state index in [4.69, 9.17) is 0 Å². The lowest BCUT2D eigenvalue weighted by Gasteiger charge is -2.08. The maximum atomic E-state index is 12.4. The molecule has 0 unspecified atom stereocenters. The van der Waals surface area contributed by atoms with Gasteiger partial charge in [0.25, 0.3) is 5.91 Å². The van der Waals surface area contributed by atoms with Crippen molar-refractivity contribution in [3.8, 4) is 0 Å². The van der Waals surface area contributed by atoms with Crippen molar-refractivity contribution in [1.29, 1.82) is 0 Å². The van der Waals surface area contributed by atoms with Gasteiger partial charge >= 0.3 is 5.97 Å². The number of nitrogens with one attached hydrogen (secondary N) is 2. The van der Waals surface area contributed by atoms with Gasteiger partial charge < -0.3 is 15.4 Å². The number of anilines is 2. The zero-order chi connectivity index (χ0) is 19.9. The number of rotatable bonds is 6. The number of amides is 1. The van der Waals surface area contributed by atoms with E-state index in [0.717, 1.165) is 5.56 Å². The van der Waals surface area contributed by atoms with Gasteiger partial charge in [-0.2, -0.15) is 0 Å². The molecule has 0 radical (unpaired) electrons. The number of aromatic nitrogens is 2. The predicted octanol–water partition coefficient (Wildman–Crippen LogP) is 3.44. The molecule has 1 aromatic heterocycles. The third-order valence-electron chi connectivity index (χ3n) is 4.02. The van der Waals surface area contributed by atoms with Gasteiger partial charge in [-0.3, -0.25) is 4.79 Å². The van der Waals surface area contributed by atoms with Gasteiger partial charge in [-0.15, -0.1) is 0 Å². The monoisotopic (exact) mass is 376 g/mol. The van der Waals surface area contributed by atoms with Gasteiger partial charge in [0.15, 0.2) is 0 Å². The van der Waals surface area contributed by atoms with Gasteiger partial charge in [-0.05, 0) is 36.8 Å². The van der Waals surface area contributed by atoms with Gasteiger partial charge in [-0.1, -0.05) is 29.8 Å². The van der Waals surface area contributed by atoms with Gasteiger partial charge in [0.05, 0.1) is 12.7 Å². The fraction of sp³-hybridized carbons (Fsp3) is 0.143. The summed E-state index contributed by atoms with van der Waals surface area (Å²) in [6.45, 7) is 2.63. The number of nitrogens with zero attached hydrogens (tertiary/aromatic N) is 2. The minimum Gasteiger partial charge on any atom is -0.465 e. The first-order valence-electron chi connectivity index (χ1n) is 8.66. The first-order chi connectivity index (χ1) is 13.5. The Hall–Kier alpha value is -3.74. The van der Waals surface area contributed by atoms with E-state index in [0.29, 0.717) is 23.6 Å². The molecule has 0 saturated heterocycles. The molecule has 0 spiro atoms. The number of ether oxygens (including phenoxy) is 1. The number of methoxy groups -OCH3 is 1. The Bertz CT molecular complexity index is 987. The molecule has 7 nitrogen and oxygen atoms in total. The molecule has 28 heavy (non-hydrogen) atoms. The highest BCUT2D eigenvalue weighted by atomic mass is 16.5. The van der Waals surface area contributed by atoms with Crippen LogP contribution in [0.4, 0.5) is 11.5 Å². The summed E-state index contributed by atoms with van der Waals surface area (Å²) in [5.74, 6) is -0.243. The maximum Gasteiger partial charge on any atom is 0.337 e. The zero-order valence-electron chi connectivity index (χ0n) is 15.6. The van der Waals surface area contributed by atoms with Crippen LogP contribution in [0.15, 0.2) is 60.9 Å². The predicted molar refractivity (Wildman–Crippen MR) is 106 cm³/mol. The molecule has 0 atom stereocenters. The Morgan fingerprint density at radius 1 is 1.04 bits per heavy atom. The first kappa shape index (κ1) is 19.0. The topological polar surface area (TPSA) is 93.2 Å². The lowest BCUT2D eigenvalue weighted by molar-refractivity contribution is 0.0600. The molecule has 142 valence electrons. The summed E-state index contributed by atoms with van der Waals surface area (Å²) < 4.78 is 4.65. The minimum atomic E-state index is -0.432. The minimum absolute atomic E-state index is 0.235. The van der Waals surface area contributed by atoms with Crippen molar-refractivity contribution in [3.63, 3.8) is 0 Å². The Kier molecular flexibility index (Phi) is 5.96. The molecule has 0 bridgehead atoms. The molecule has 1 heterocycles. The van der Waals surface area contributed by atoms with Gasteiger partial charge in [-0.25, -0.2) is 14.8 Å². The van der Waals surface area contributed by atoms with E-state index in [9.17, 15) is 9.59 Å². The molecule has 0 aliphatic heterocycles. The summed E-state index contributed by atoms with van der Waals surface area (Å²) in [6.07, 6.45) is 1.34. The summed E-state index contributed by atoms with van der Waals surface area (Å²) in [5, 5.41) is 5.93. The van der Waals surface area contributed by atoms with Crippen LogP contribution in [-0.2, 0) is 11.3 Å². The normalized spacial score (nSPS) is 10.2. The summed E-state index contributed by atoms with van der Waals surface area (Å²) in [6, 6.07) is 16.1. The fourth-order valence-corrected chi connectivity index (χ4v) is 2.60. The summed E-state index contributed by atoms with van der Waals surface area (Å²) in [5.41, 5.74) is 3.49. The van der Waals surface area contributed by atoms with Crippen LogP contribution in [-0.4, -0.2) is 29.0 Å². The number of carbonyl (C=O) groups is 2. The van der Waals surface area contributed by atoms with Gasteiger partial charge in [0.1, 0.15) is 17.8 Å². The van der Waals surface area contributed by atoms with Crippen LogP contribution in [0.2, 0.25) is 0 Å². The molecule has 0 aliphatic carbocycles. The lowest BCUT2D eigenvalue weighted by atomic mass is 10.1. The van der Waals surface area contributed by atoms with E-state index in [1.54, 1.807) is 30.3 Å². The molecule has 2 aromatic carbocycles. The van der Waals surface area contributed by atoms with Crippen molar-refractivity contribution in [1.82, 2.24) is 9.97 Å². The number of hydrogen-bond acceptors (Lipinski definition) is 6. The average Bonchev–Trinajstić information content (AvgIpc) is 2.72. The van der Waals surface area contributed by atoms with Gasteiger partial charge in [0, 0.05) is 18.3 Å². The molecule has 0 fully saturated rings. The molecule has 0 saturated carbocycles. The van der Waals surface area contributed by atoms with Crippen molar-refractivity contribution >= 4 is 23.4 Å². The number of carbonyl (C=O) groups excluding carboxylic acids is 2.